The van der Waals surface area contributed by atoms with Crippen LogP contribution >= 0.6 is 0 Å². The summed E-state index contributed by atoms with van der Waals surface area (Å²) in [4.78, 5) is 25.3. The highest BCUT2D eigenvalue weighted by molar-refractivity contribution is 7.89. The third kappa shape index (κ3) is 6.41. The van der Waals surface area contributed by atoms with Crippen molar-refractivity contribution in [3.63, 3.8) is 0 Å². The molecule has 2 N–H and O–H groups in total. The summed E-state index contributed by atoms with van der Waals surface area (Å²) in [7, 11) is -2.53. The molecule has 0 radical (unpaired) electrons. The Kier molecular flexibility index (Phi) is 7.99. The Labute approximate surface area is 198 Å². The molecule has 0 fully saturated rings. The molecule has 0 spiro atoms. The monoisotopic (exact) mass is 479 g/mol. The van der Waals surface area contributed by atoms with Crippen molar-refractivity contribution in [2.75, 3.05) is 13.6 Å². The molecule has 1 atom stereocenters. The van der Waals surface area contributed by atoms with Gasteiger partial charge in [-0.25, -0.2) is 8.42 Å². The second-order valence-electron chi connectivity index (χ2n) is 7.95. The van der Waals surface area contributed by atoms with Gasteiger partial charge in [-0.05, 0) is 53.4 Å². The molecule has 1 amide bonds. The fourth-order valence-electron chi connectivity index (χ4n) is 3.56. The predicted molar refractivity (Wildman–Crippen MR) is 127 cm³/mol. The highest BCUT2D eigenvalue weighted by Gasteiger charge is 2.28. The van der Waals surface area contributed by atoms with Crippen LogP contribution in [0.1, 0.15) is 24.0 Å². The maximum absolute atomic E-state index is 13.2. The lowest BCUT2D eigenvalue weighted by Gasteiger charge is -2.25. The summed E-state index contributed by atoms with van der Waals surface area (Å²) in [5.41, 5.74) is 1.13. The Morgan fingerprint density at radius 3 is 2.38 bits per heavy atom. The van der Waals surface area contributed by atoms with E-state index in [1.165, 1.54) is 18.0 Å². The van der Waals surface area contributed by atoms with E-state index < -0.39 is 27.9 Å². The van der Waals surface area contributed by atoms with E-state index in [0.717, 1.165) is 10.8 Å². The molecular formula is C25H25N3O5S. The number of amides is 1. The summed E-state index contributed by atoms with van der Waals surface area (Å²) in [5.74, 6) is -1.44. The first-order chi connectivity index (χ1) is 16.2. The standard InChI is InChI=1S/C25H25N3O5S/c1-28(14-4-7-24(29)30)25(31)23(15-18-8-10-19(17-26)11-9-18)27-34(32,33)22-13-12-20-5-2-3-6-21(20)16-22/h2-3,5-6,8-13,16,23,27H,4,7,14-15H2,1H3,(H,29,30)/t23-/m0/s1. The molecule has 34 heavy (non-hydrogen) atoms. The van der Waals surface area contributed by atoms with Gasteiger partial charge < -0.3 is 10.0 Å². The van der Waals surface area contributed by atoms with Crippen molar-refractivity contribution < 1.29 is 23.1 Å². The minimum Gasteiger partial charge on any atom is -0.481 e. The molecule has 0 aliphatic heterocycles. The van der Waals surface area contributed by atoms with Gasteiger partial charge in [-0.15, -0.1) is 0 Å². The van der Waals surface area contributed by atoms with Crippen molar-refractivity contribution in [3.8, 4) is 6.07 Å². The van der Waals surface area contributed by atoms with E-state index in [1.807, 2.05) is 30.3 Å². The molecule has 3 aromatic carbocycles. The zero-order valence-electron chi connectivity index (χ0n) is 18.6. The molecule has 0 saturated carbocycles. The van der Waals surface area contributed by atoms with Crippen molar-refractivity contribution in [2.45, 2.75) is 30.2 Å². The van der Waals surface area contributed by atoms with Gasteiger partial charge in [0.25, 0.3) is 0 Å². The number of carbonyl (C=O) groups is 2. The van der Waals surface area contributed by atoms with E-state index in [4.69, 9.17) is 10.4 Å². The van der Waals surface area contributed by atoms with E-state index >= 15 is 0 Å². The highest BCUT2D eigenvalue weighted by Crippen LogP contribution is 2.20. The summed E-state index contributed by atoms with van der Waals surface area (Å²) in [6, 6.07) is 19.6. The predicted octanol–water partition coefficient (Wildman–Crippen LogP) is 2.92. The minimum atomic E-state index is -4.04. The number of hydrogen-bond acceptors (Lipinski definition) is 5. The number of nitrogens with zero attached hydrogens (tertiary/aromatic N) is 2. The average Bonchev–Trinajstić information content (AvgIpc) is 2.82. The van der Waals surface area contributed by atoms with Gasteiger partial charge in [0.15, 0.2) is 0 Å². The zero-order valence-corrected chi connectivity index (χ0v) is 19.5. The summed E-state index contributed by atoms with van der Waals surface area (Å²) in [6.07, 6.45) is 0.222. The van der Waals surface area contributed by atoms with Gasteiger partial charge in [0.05, 0.1) is 16.5 Å². The van der Waals surface area contributed by atoms with Gasteiger partial charge in [-0.3, -0.25) is 9.59 Å². The second-order valence-corrected chi connectivity index (χ2v) is 9.67. The molecular weight excluding hydrogens is 454 g/mol. The van der Waals surface area contributed by atoms with E-state index in [1.54, 1.807) is 36.4 Å². The minimum absolute atomic E-state index is 0.0392. The number of benzene rings is 3. The van der Waals surface area contributed by atoms with Crippen LogP contribution in [-0.4, -0.2) is 49.9 Å². The van der Waals surface area contributed by atoms with Crippen LogP contribution < -0.4 is 4.72 Å². The Morgan fingerprint density at radius 1 is 1.06 bits per heavy atom. The van der Waals surface area contributed by atoms with Gasteiger partial charge in [0.2, 0.25) is 15.9 Å². The lowest BCUT2D eigenvalue weighted by atomic mass is 10.0. The molecule has 3 aromatic rings. The van der Waals surface area contributed by atoms with E-state index in [9.17, 15) is 18.0 Å². The summed E-state index contributed by atoms with van der Waals surface area (Å²) >= 11 is 0. The first-order valence-electron chi connectivity index (χ1n) is 10.7. The fraction of sp³-hybridized carbons (Fsp3) is 0.240. The number of likely N-dealkylation sites (N-methyl/N-ethyl adjacent to an activating group) is 1. The topological polar surface area (TPSA) is 128 Å². The number of aliphatic carboxylic acids is 1. The van der Waals surface area contributed by atoms with Crippen LogP contribution in [0, 0.1) is 11.3 Å². The molecule has 0 aliphatic carbocycles. The lowest BCUT2D eigenvalue weighted by molar-refractivity contribution is -0.138. The maximum Gasteiger partial charge on any atom is 0.303 e. The third-order valence-corrected chi connectivity index (χ3v) is 6.88. The smallest absolute Gasteiger partial charge is 0.303 e. The molecule has 176 valence electrons. The van der Waals surface area contributed by atoms with Crippen LogP contribution in [0.2, 0.25) is 0 Å². The maximum atomic E-state index is 13.2. The fourth-order valence-corrected chi connectivity index (χ4v) is 4.79. The second kappa shape index (κ2) is 10.9. The number of fused-ring (bicyclic) bond motifs is 1. The van der Waals surface area contributed by atoms with Crippen LogP contribution in [0.15, 0.2) is 71.6 Å². The highest BCUT2D eigenvalue weighted by atomic mass is 32.2. The Bertz CT molecular complexity index is 1330. The van der Waals surface area contributed by atoms with Crippen molar-refractivity contribution in [1.82, 2.24) is 9.62 Å². The largest absolute Gasteiger partial charge is 0.481 e. The number of nitrogens with one attached hydrogen (secondary N) is 1. The quantitative estimate of drug-likeness (QED) is 0.460. The van der Waals surface area contributed by atoms with Crippen molar-refractivity contribution >= 4 is 32.7 Å². The number of rotatable bonds is 10. The molecule has 8 nitrogen and oxygen atoms in total. The van der Waals surface area contributed by atoms with Crippen LogP contribution in [0.5, 0.6) is 0 Å². The summed E-state index contributed by atoms with van der Waals surface area (Å²) < 4.78 is 28.9. The third-order valence-electron chi connectivity index (χ3n) is 5.41. The molecule has 0 bridgehead atoms. The first kappa shape index (κ1) is 24.9. The summed E-state index contributed by atoms with van der Waals surface area (Å²) in [6.45, 7) is 0.173. The van der Waals surface area contributed by atoms with Crippen molar-refractivity contribution in [3.05, 3.63) is 77.9 Å². The van der Waals surface area contributed by atoms with E-state index in [0.29, 0.717) is 11.1 Å². The van der Waals surface area contributed by atoms with Crippen LogP contribution in [0.3, 0.4) is 0 Å². The van der Waals surface area contributed by atoms with E-state index in [2.05, 4.69) is 4.72 Å². The normalized spacial score (nSPS) is 12.1. The van der Waals surface area contributed by atoms with Gasteiger partial charge in [-0.1, -0.05) is 42.5 Å². The number of hydrogen-bond donors (Lipinski definition) is 2. The molecule has 3 rings (SSSR count). The SMILES string of the molecule is CN(CCCC(=O)O)C(=O)[C@H](Cc1ccc(C#N)cc1)NS(=O)(=O)c1ccc2ccccc2c1. The lowest BCUT2D eigenvalue weighted by Crippen LogP contribution is -2.48. The number of nitriles is 1. The van der Waals surface area contributed by atoms with Crippen LogP contribution in [0.25, 0.3) is 10.8 Å². The Hall–Kier alpha value is -3.74. The molecule has 0 unspecified atom stereocenters. The average molecular weight is 480 g/mol. The van der Waals surface area contributed by atoms with Crippen LogP contribution in [0.4, 0.5) is 0 Å². The Morgan fingerprint density at radius 2 is 1.74 bits per heavy atom. The number of sulfonamides is 1. The molecule has 0 aromatic heterocycles. The molecule has 0 aliphatic rings. The van der Waals surface area contributed by atoms with Crippen LogP contribution in [-0.2, 0) is 26.0 Å². The van der Waals surface area contributed by atoms with Gasteiger partial charge in [0.1, 0.15) is 6.04 Å². The summed E-state index contributed by atoms with van der Waals surface area (Å²) in [5, 5.41) is 19.5. The zero-order chi connectivity index (χ0) is 24.7. The number of carboxylic acids is 1. The number of carbonyl (C=O) groups excluding carboxylic acids is 1. The Balaban J connectivity index is 1.86. The molecule has 0 saturated heterocycles. The van der Waals surface area contributed by atoms with E-state index in [-0.39, 0.29) is 30.7 Å². The van der Waals surface area contributed by atoms with Gasteiger partial charge >= 0.3 is 5.97 Å². The first-order valence-corrected chi connectivity index (χ1v) is 12.1. The molecule has 0 heterocycles. The van der Waals surface area contributed by atoms with Crippen molar-refractivity contribution in [1.29, 1.82) is 5.26 Å². The van der Waals surface area contributed by atoms with Gasteiger partial charge in [0, 0.05) is 20.0 Å². The number of carboxylic acid groups (broad SMARTS) is 1. The molecule has 9 heteroatoms. The van der Waals surface area contributed by atoms with Gasteiger partial charge in [-0.2, -0.15) is 9.98 Å². The van der Waals surface area contributed by atoms with Crippen molar-refractivity contribution in [2.24, 2.45) is 0 Å².